The van der Waals surface area contributed by atoms with Crippen LogP contribution in [0.25, 0.3) is 0 Å². The van der Waals surface area contributed by atoms with Crippen LogP contribution in [0.15, 0.2) is 18.2 Å². The third kappa shape index (κ3) is 4.03. The molecule has 0 bridgehead atoms. The van der Waals surface area contributed by atoms with E-state index >= 15 is 0 Å². The number of anilines is 1. The zero-order valence-corrected chi connectivity index (χ0v) is 14.1. The minimum Gasteiger partial charge on any atom is -0.385 e. The second kappa shape index (κ2) is 6.89. The SMILES string of the molecule is Cc1cc(C)cc(NCCC(=O)N2CCC3(CC2)OCCO3)c1. The van der Waals surface area contributed by atoms with Crippen LogP contribution in [0.2, 0.25) is 0 Å². The van der Waals surface area contributed by atoms with Crippen LogP contribution < -0.4 is 5.32 Å². The highest BCUT2D eigenvalue weighted by atomic mass is 16.7. The minimum atomic E-state index is -0.409. The third-order valence-electron chi connectivity index (χ3n) is 4.58. The van der Waals surface area contributed by atoms with Gasteiger partial charge in [-0.25, -0.2) is 0 Å². The number of likely N-dealkylation sites (tertiary alicyclic amines) is 1. The maximum atomic E-state index is 12.3. The average Bonchev–Trinajstić information content (AvgIpc) is 2.95. The molecule has 126 valence electrons. The zero-order valence-electron chi connectivity index (χ0n) is 14.1. The predicted molar refractivity (Wildman–Crippen MR) is 89.5 cm³/mol. The summed E-state index contributed by atoms with van der Waals surface area (Å²) in [5.74, 6) is -0.205. The largest absolute Gasteiger partial charge is 0.385 e. The molecule has 1 N–H and O–H groups in total. The Morgan fingerprint density at radius 1 is 1.13 bits per heavy atom. The molecule has 0 unspecified atom stereocenters. The first-order chi connectivity index (χ1) is 11.1. The molecule has 1 aromatic carbocycles. The van der Waals surface area contributed by atoms with E-state index in [4.69, 9.17) is 9.47 Å². The van der Waals surface area contributed by atoms with Crippen LogP contribution in [0.5, 0.6) is 0 Å². The lowest BCUT2D eigenvalue weighted by Crippen LogP contribution is -2.47. The van der Waals surface area contributed by atoms with Crippen LogP contribution in [0.1, 0.15) is 30.4 Å². The van der Waals surface area contributed by atoms with Gasteiger partial charge in [0.25, 0.3) is 0 Å². The molecule has 0 radical (unpaired) electrons. The van der Waals surface area contributed by atoms with E-state index in [0.717, 1.165) is 31.6 Å². The van der Waals surface area contributed by atoms with Gasteiger partial charge >= 0.3 is 0 Å². The second-order valence-corrected chi connectivity index (χ2v) is 6.54. The highest BCUT2D eigenvalue weighted by Gasteiger charge is 2.40. The second-order valence-electron chi connectivity index (χ2n) is 6.54. The summed E-state index contributed by atoms with van der Waals surface area (Å²) in [4.78, 5) is 14.3. The summed E-state index contributed by atoms with van der Waals surface area (Å²) >= 11 is 0. The number of amides is 1. The van der Waals surface area contributed by atoms with Crippen molar-refractivity contribution >= 4 is 11.6 Å². The Balaban J connectivity index is 1.43. The highest BCUT2D eigenvalue weighted by molar-refractivity contribution is 5.76. The average molecular weight is 318 g/mol. The summed E-state index contributed by atoms with van der Waals surface area (Å²) in [7, 11) is 0. The molecule has 0 atom stereocenters. The number of benzene rings is 1. The van der Waals surface area contributed by atoms with Crippen molar-refractivity contribution in [2.24, 2.45) is 0 Å². The molecule has 2 heterocycles. The summed E-state index contributed by atoms with van der Waals surface area (Å²) in [6, 6.07) is 6.36. The molecule has 0 saturated carbocycles. The van der Waals surface area contributed by atoms with Gasteiger partial charge in [-0.3, -0.25) is 4.79 Å². The molecular formula is C18H26N2O3. The van der Waals surface area contributed by atoms with Gasteiger partial charge in [-0.15, -0.1) is 0 Å². The fourth-order valence-corrected chi connectivity index (χ4v) is 3.43. The zero-order chi connectivity index (χ0) is 16.3. The van der Waals surface area contributed by atoms with E-state index in [1.165, 1.54) is 11.1 Å². The van der Waals surface area contributed by atoms with Crippen LogP contribution in [0.4, 0.5) is 5.69 Å². The molecular weight excluding hydrogens is 292 g/mol. The van der Waals surface area contributed by atoms with E-state index in [1.54, 1.807) is 0 Å². The first-order valence-electron chi connectivity index (χ1n) is 8.44. The van der Waals surface area contributed by atoms with E-state index in [1.807, 2.05) is 4.90 Å². The minimum absolute atomic E-state index is 0.203. The highest BCUT2D eigenvalue weighted by Crippen LogP contribution is 2.31. The Bertz CT molecular complexity index is 537. The Morgan fingerprint density at radius 2 is 1.74 bits per heavy atom. The van der Waals surface area contributed by atoms with Crippen molar-refractivity contribution in [3.8, 4) is 0 Å². The van der Waals surface area contributed by atoms with Gasteiger partial charge in [-0.05, 0) is 37.1 Å². The maximum absolute atomic E-state index is 12.3. The van der Waals surface area contributed by atoms with Crippen molar-refractivity contribution < 1.29 is 14.3 Å². The Hall–Kier alpha value is -1.59. The van der Waals surface area contributed by atoms with E-state index in [-0.39, 0.29) is 5.91 Å². The van der Waals surface area contributed by atoms with Gasteiger partial charge in [0.15, 0.2) is 5.79 Å². The number of aryl methyl sites for hydroxylation is 2. The van der Waals surface area contributed by atoms with Crippen molar-refractivity contribution in [3.63, 3.8) is 0 Å². The smallest absolute Gasteiger partial charge is 0.224 e. The van der Waals surface area contributed by atoms with E-state index in [0.29, 0.717) is 26.2 Å². The van der Waals surface area contributed by atoms with Gasteiger partial charge < -0.3 is 19.7 Å². The quantitative estimate of drug-likeness (QED) is 0.926. The van der Waals surface area contributed by atoms with Crippen molar-refractivity contribution in [1.82, 2.24) is 4.90 Å². The summed E-state index contributed by atoms with van der Waals surface area (Å²) in [6.07, 6.45) is 2.08. The number of rotatable bonds is 4. The van der Waals surface area contributed by atoms with Gasteiger partial charge in [0.05, 0.1) is 13.2 Å². The Morgan fingerprint density at radius 3 is 2.35 bits per heavy atom. The Kier molecular flexibility index (Phi) is 4.87. The molecule has 2 fully saturated rings. The predicted octanol–water partition coefficient (Wildman–Crippen LogP) is 2.47. The van der Waals surface area contributed by atoms with Gasteiger partial charge in [0, 0.05) is 44.6 Å². The van der Waals surface area contributed by atoms with Crippen LogP contribution in [0.3, 0.4) is 0 Å². The van der Waals surface area contributed by atoms with Crippen molar-refractivity contribution in [3.05, 3.63) is 29.3 Å². The fraction of sp³-hybridized carbons (Fsp3) is 0.611. The number of hydrogen-bond acceptors (Lipinski definition) is 4. The number of ether oxygens (including phenoxy) is 2. The topological polar surface area (TPSA) is 50.8 Å². The van der Waals surface area contributed by atoms with E-state index in [9.17, 15) is 4.79 Å². The van der Waals surface area contributed by atoms with Crippen molar-refractivity contribution in [1.29, 1.82) is 0 Å². The maximum Gasteiger partial charge on any atom is 0.224 e. The number of nitrogens with zero attached hydrogens (tertiary/aromatic N) is 1. The number of nitrogens with one attached hydrogen (secondary N) is 1. The van der Waals surface area contributed by atoms with Gasteiger partial charge in [-0.1, -0.05) is 6.07 Å². The molecule has 23 heavy (non-hydrogen) atoms. The Labute approximate surface area is 137 Å². The monoisotopic (exact) mass is 318 g/mol. The van der Waals surface area contributed by atoms with Crippen molar-refractivity contribution in [2.45, 2.75) is 38.9 Å². The van der Waals surface area contributed by atoms with Crippen LogP contribution >= 0.6 is 0 Å². The molecule has 1 spiro atoms. The van der Waals surface area contributed by atoms with Crippen molar-refractivity contribution in [2.75, 3.05) is 38.2 Å². The lowest BCUT2D eigenvalue weighted by Gasteiger charge is -2.37. The molecule has 2 aliphatic heterocycles. The summed E-state index contributed by atoms with van der Waals surface area (Å²) in [6.45, 7) is 7.63. The normalized spacial score (nSPS) is 20.0. The molecule has 5 nitrogen and oxygen atoms in total. The standard InChI is InChI=1S/C18H26N2O3/c1-14-11-15(2)13-16(12-14)19-6-3-17(21)20-7-4-18(5-8-20)22-9-10-23-18/h11-13,19H,3-10H2,1-2H3. The van der Waals surface area contributed by atoms with Crippen LogP contribution in [0, 0.1) is 13.8 Å². The number of hydrogen-bond donors (Lipinski definition) is 1. The summed E-state index contributed by atoms with van der Waals surface area (Å²) in [5.41, 5.74) is 3.55. The number of piperidine rings is 1. The molecule has 1 amide bonds. The van der Waals surface area contributed by atoms with Crippen LogP contribution in [-0.4, -0.2) is 49.4 Å². The van der Waals surface area contributed by atoms with Crippen LogP contribution in [-0.2, 0) is 14.3 Å². The lowest BCUT2D eigenvalue weighted by atomic mass is 10.0. The molecule has 3 rings (SSSR count). The first-order valence-corrected chi connectivity index (χ1v) is 8.44. The summed E-state index contributed by atoms with van der Waals surface area (Å²) in [5, 5.41) is 3.35. The van der Waals surface area contributed by atoms with Gasteiger partial charge in [0.1, 0.15) is 0 Å². The molecule has 0 aliphatic carbocycles. The van der Waals surface area contributed by atoms with Gasteiger partial charge in [0.2, 0.25) is 5.91 Å². The number of carbonyl (C=O) groups excluding carboxylic acids is 1. The molecule has 2 aliphatic rings. The lowest BCUT2D eigenvalue weighted by molar-refractivity contribution is -0.187. The molecule has 1 aromatic rings. The molecule has 0 aromatic heterocycles. The third-order valence-corrected chi connectivity index (χ3v) is 4.58. The molecule has 5 heteroatoms. The first kappa shape index (κ1) is 16.3. The number of carbonyl (C=O) groups is 1. The summed E-state index contributed by atoms with van der Waals surface area (Å²) < 4.78 is 11.4. The molecule has 2 saturated heterocycles. The van der Waals surface area contributed by atoms with E-state index in [2.05, 4.69) is 37.4 Å². The van der Waals surface area contributed by atoms with E-state index < -0.39 is 5.79 Å². The van der Waals surface area contributed by atoms with Gasteiger partial charge in [-0.2, -0.15) is 0 Å². The fourth-order valence-electron chi connectivity index (χ4n) is 3.43.